The summed E-state index contributed by atoms with van der Waals surface area (Å²) in [4.78, 5) is 0. The molecule has 0 aliphatic carbocycles. The molecular formula is C10H24N2O2S. The molecule has 0 rings (SSSR count). The van der Waals surface area contributed by atoms with Crippen LogP contribution in [0.2, 0.25) is 0 Å². The molecule has 0 amide bonds. The Kier molecular flexibility index (Phi) is 5.23. The van der Waals surface area contributed by atoms with Crippen molar-refractivity contribution in [1.82, 2.24) is 4.72 Å². The van der Waals surface area contributed by atoms with Gasteiger partial charge in [-0.3, -0.25) is 0 Å². The first kappa shape index (κ1) is 14.9. The number of nitrogens with one attached hydrogen (secondary N) is 1. The molecule has 92 valence electrons. The molecule has 0 aromatic heterocycles. The van der Waals surface area contributed by atoms with Crippen LogP contribution in [0.4, 0.5) is 0 Å². The van der Waals surface area contributed by atoms with E-state index >= 15 is 0 Å². The molecule has 0 radical (unpaired) electrons. The fraction of sp³-hybridized carbons (Fsp3) is 1.00. The topological polar surface area (TPSA) is 72.2 Å². The minimum atomic E-state index is -3.08. The van der Waals surface area contributed by atoms with Crippen LogP contribution in [0.5, 0.6) is 0 Å². The summed E-state index contributed by atoms with van der Waals surface area (Å²) in [5.74, 6) is 0.401. The van der Waals surface area contributed by atoms with Crippen LogP contribution in [-0.4, -0.2) is 27.3 Å². The zero-order valence-corrected chi connectivity index (χ0v) is 11.2. The Morgan fingerprint density at radius 1 is 1.33 bits per heavy atom. The van der Waals surface area contributed by atoms with Gasteiger partial charge in [0.25, 0.3) is 0 Å². The molecule has 4 nitrogen and oxygen atoms in total. The van der Waals surface area contributed by atoms with E-state index in [9.17, 15) is 8.42 Å². The van der Waals surface area contributed by atoms with E-state index in [1.165, 1.54) is 6.26 Å². The molecule has 5 heteroatoms. The molecule has 0 unspecified atom stereocenters. The van der Waals surface area contributed by atoms with Crippen molar-refractivity contribution >= 4 is 10.0 Å². The predicted octanol–water partition coefficient (Wildman–Crippen LogP) is 0.935. The van der Waals surface area contributed by atoms with Crippen molar-refractivity contribution in [2.45, 2.75) is 40.2 Å². The van der Waals surface area contributed by atoms with Gasteiger partial charge in [-0.15, -0.1) is 0 Å². The Morgan fingerprint density at radius 3 is 2.13 bits per heavy atom. The van der Waals surface area contributed by atoms with Crippen molar-refractivity contribution in [2.75, 3.05) is 12.8 Å². The summed E-state index contributed by atoms with van der Waals surface area (Å²) in [6, 6.07) is 0.0823. The van der Waals surface area contributed by atoms with Crippen LogP contribution in [0.25, 0.3) is 0 Å². The summed E-state index contributed by atoms with van der Waals surface area (Å²) >= 11 is 0. The molecule has 0 spiro atoms. The fourth-order valence-corrected chi connectivity index (χ4v) is 2.10. The van der Waals surface area contributed by atoms with Crippen molar-refractivity contribution in [2.24, 2.45) is 17.1 Å². The zero-order chi connectivity index (χ0) is 12.3. The van der Waals surface area contributed by atoms with Crippen molar-refractivity contribution in [3.8, 4) is 0 Å². The summed E-state index contributed by atoms with van der Waals surface area (Å²) in [6.07, 6.45) is 1.92. The van der Waals surface area contributed by atoms with Gasteiger partial charge < -0.3 is 5.73 Å². The van der Waals surface area contributed by atoms with Crippen LogP contribution in [0.15, 0.2) is 0 Å². The lowest BCUT2D eigenvalue weighted by Crippen LogP contribution is -2.43. The number of hydrogen-bond acceptors (Lipinski definition) is 3. The first-order chi connectivity index (χ1) is 6.56. The number of hydrogen-bond donors (Lipinski definition) is 2. The van der Waals surface area contributed by atoms with Gasteiger partial charge in [0.05, 0.1) is 6.26 Å². The Hall–Kier alpha value is -0.130. The monoisotopic (exact) mass is 236 g/mol. The van der Waals surface area contributed by atoms with Crippen LogP contribution in [0.1, 0.15) is 34.1 Å². The summed E-state index contributed by atoms with van der Waals surface area (Å²) in [7, 11) is -3.08. The third-order valence-corrected chi connectivity index (χ3v) is 3.48. The van der Waals surface area contributed by atoms with Gasteiger partial charge in [0.15, 0.2) is 0 Å². The molecule has 0 aromatic carbocycles. The van der Waals surface area contributed by atoms with E-state index in [1.807, 2.05) is 0 Å². The lowest BCUT2D eigenvalue weighted by molar-refractivity contribution is 0.217. The maximum Gasteiger partial charge on any atom is 0.208 e. The molecule has 0 aliphatic heterocycles. The zero-order valence-electron chi connectivity index (χ0n) is 10.4. The lowest BCUT2D eigenvalue weighted by Gasteiger charge is -2.34. The van der Waals surface area contributed by atoms with E-state index in [0.717, 1.165) is 6.42 Å². The van der Waals surface area contributed by atoms with Crippen molar-refractivity contribution in [3.05, 3.63) is 0 Å². The van der Waals surface area contributed by atoms with Crippen LogP contribution in [0, 0.1) is 11.3 Å². The number of nitrogens with two attached hydrogens (primary N) is 1. The summed E-state index contributed by atoms with van der Waals surface area (Å²) in [6.45, 7) is 8.75. The van der Waals surface area contributed by atoms with Crippen molar-refractivity contribution < 1.29 is 8.42 Å². The summed E-state index contributed by atoms with van der Waals surface area (Å²) in [5, 5.41) is 0. The Balaban J connectivity index is 4.16. The molecule has 0 aliphatic rings. The molecular weight excluding hydrogens is 212 g/mol. The molecule has 0 heterocycles. The minimum Gasteiger partial charge on any atom is -0.327 e. The first-order valence-corrected chi connectivity index (χ1v) is 7.15. The molecule has 3 N–H and O–H groups in total. The van der Waals surface area contributed by atoms with Gasteiger partial charge in [0.2, 0.25) is 10.0 Å². The SMILES string of the molecule is CC(C)[C@@H](N)C(C)(C)CCNS(C)(=O)=O. The smallest absolute Gasteiger partial charge is 0.208 e. The van der Waals surface area contributed by atoms with Gasteiger partial charge in [-0.25, -0.2) is 13.1 Å². The van der Waals surface area contributed by atoms with Crippen LogP contribution in [-0.2, 0) is 10.0 Å². The maximum absolute atomic E-state index is 10.9. The summed E-state index contributed by atoms with van der Waals surface area (Å²) < 4.78 is 24.2. The highest BCUT2D eigenvalue weighted by Gasteiger charge is 2.28. The molecule has 0 saturated carbocycles. The third-order valence-electron chi connectivity index (χ3n) is 2.75. The van der Waals surface area contributed by atoms with E-state index in [-0.39, 0.29) is 11.5 Å². The third kappa shape index (κ3) is 6.12. The lowest BCUT2D eigenvalue weighted by atomic mass is 9.77. The Bertz CT molecular complexity index is 284. The van der Waals surface area contributed by atoms with E-state index in [0.29, 0.717) is 12.5 Å². The normalized spacial score (nSPS) is 15.7. The highest BCUT2D eigenvalue weighted by atomic mass is 32.2. The van der Waals surface area contributed by atoms with Gasteiger partial charge in [0, 0.05) is 12.6 Å². The highest BCUT2D eigenvalue weighted by molar-refractivity contribution is 7.88. The largest absolute Gasteiger partial charge is 0.327 e. The minimum absolute atomic E-state index is 0.0497. The number of sulfonamides is 1. The van der Waals surface area contributed by atoms with Crippen LogP contribution < -0.4 is 10.5 Å². The van der Waals surface area contributed by atoms with E-state index in [4.69, 9.17) is 5.73 Å². The highest BCUT2D eigenvalue weighted by Crippen LogP contribution is 2.27. The van der Waals surface area contributed by atoms with Gasteiger partial charge in [-0.1, -0.05) is 27.7 Å². The fourth-order valence-electron chi connectivity index (χ4n) is 1.63. The number of rotatable bonds is 6. The predicted molar refractivity (Wildman–Crippen MR) is 64.1 cm³/mol. The van der Waals surface area contributed by atoms with Gasteiger partial charge >= 0.3 is 0 Å². The standard InChI is InChI=1S/C10H24N2O2S/c1-8(2)9(11)10(3,4)6-7-12-15(5,13)14/h8-9,12H,6-7,11H2,1-5H3/t9-/m1/s1. The van der Waals surface area contributed by atoms with E-state index in [1.54, 1.807) is 0 Å². The molecule has 0 saturated heterocycles. The van der Waals surface area contributed by atoms with Crippen molar-refractivity contribution in [1.29, 1.82) is 0 Å². The average Bonchev–Trinajstić information content (AvgIpc) is 1.99. The second-order valence-electron chi connectivity index (χ2n) is 5.17. The molecule has 0 fully saturated rings. The molecule has 0 bridgehead atoms. The van der Waals surface area contributed by atoms with E-state index < -0.39 is 10.0 Å². The van der Waals surface area contributed by atoms with Gasteiger partial charge in [0.1, 0.15) is 0 Å². The Labute approximate surface area is 93.7 Å². The van der Waals surface area contributed by atoms with Gasteiger partial charge in [-0.2, -0.15) is 0 Å². The maximum atomic E-state index is 10.9. The molecule has 0 aromatic rings. The van der Waals surface area contributed by atoms with E-state index in [2.05, 4.69) is 32.4 Å². The second kappa shape index (κ2) is 5.27. The quantitative estimate of drug-likeness (QED) is 0.721. The second-order valence-corrected chi connectivity index (χ2v) is 7.01. The Morgan fingerprint density at radius 2 is 1.80 bits per heavy atom. The summed E-state index contributed by atoms with van der Waals surface area (Å²) in [5.41, 5.74) is 6.02. The van der Waals surface area contributed by atoms with Crippen molar-refractivity contribution in [3.63, 3.8) is 0 Å². The molecule has 1 atom stereocenters. The molecule has 15 heavy (non-hydrogen) atoms. The van der Waals surface area contributed by atoms with Gasteiger partial charge in [-0.05, 0) is 17.8 Å². The van der Waals surface area contributed by atoms with Crippen LogP contribution in [0.3, 0.4) is 0 Å². The van der Waals surface area contributed by atoms with Crippen LogP contribution >= 0.6 is 0 Å². The average molecular weight is 236 g/mol. The first-order valence-electron chi connectivity index (χ1n) is 5.26.